The van der Waals surface area contributed by atoms with Crippen LogP contribution in [0.4, 0.5) is 5.69 Å². The molecule has 2 aromatic rings. The predicted molar refractivity (Wildman–Crippen MR) is 102 cm³/mol. The number of hydrogen-bond donors (Lipinski definition) is 3. The first-order valence-electron chi connectivity index (χ1n) is 7.69. The maximum atomic E-state index is 12.3. The monoisotopic (exact) mass is 381 g/mol. The van der Waals surface area contributed by atoms with E-state index >= 15 is 0 Å². The summed E-state index contributed by atoms with van der Waals surface area (Å²) in [5, 5.41) is 10.4. The third-order valence-corrected chi connectivity index (χ3v) is 4.83. The minimum absolute atomic E-state index is 0. The topological polar surface area (TPSA) is 102 Å². The van der Waals surface area contributed by atoms with Crippen LogP contribution in [-0.2, 0) is 4.79 Å². The molecule has 134 valence electrons. The number of amides is 2. The van der Waals surface area contributed by atoms with Crippen LogP contribution in [0.3, 0.4) is 0 Å². The molecule has 1 saturated heterocycles. The second-order valence-corrected chi connectivity index (χ2v) is 6.66. The molecule has 0 bridgehead atoms. The third kappa shape index (κ3) is 4.97. The van der Waals surface area contributed by atoms with Crippen LogP contribution in [0, 0.1) is 0 Å². The van der Waals surface area contributed by atoms with E-state index in [2.05, 4.69) is 15.7 Å². The SMILES string of the molecule is Cl.NC(=O)c1ccn(-c2ccccc2NC(=O)CC2CSCCN2)n1. The number of rotatable bonds is 5. The van der Waals surface area contributed by atoms with Crippen molar-refractivity contribution in [2.24, 2.45) is 5.73 Å². The van der Waals surface area contributed by atoms with Crippen LogP contribution in [0.15, 0.2) is 36.5 Å². The van der Waals surface area contributed by atoms with E-state index in [0.717, 1.165) is 18.1 Å². The van der Waals surface area contributed by atoms with Crippen LogP contribution in [0.25, 0.3) is 5.69 Å². The Balaban J connectivity index is 0.00000225. The van der Waals surface area contributed by atoms with Crippen molar-refractivity contribution < 1.29 is 9.59 Å². The van der Waals surface area contributed by atoms with Gasteiger partial charge in [0.2, 0.25) is 5.91 Å². The van der Waals surface area contributed by atoms with Gasteiger partial charge in [-0.25, -0.2) is 4.68 Å². The molecule has 1 atom stereocenters. The number of primary amides is 1. The number of nitrogens with one attached hydrogen (secondary N) is 2. The first kappa shape index (κ1) is 19.3. The van der Waals surface area contributed by atoms with Gasteiger partial charge >= 0.3 is 0 Å². The minimum atomic E-state index is -0.587. The number of benzene rings is 1. The Kier molecular flexibility index (Phi) is 6.86. The molecule has 2 amide bonds. The van der Waals surface area contributed by atoms with E-state index in [1.807, 2.05) is 36.0 Å². The number of halogens is 1. The lowest BCUT2D eigenvalue weighted by molar-refractivity contribution is -0.116. The van der Waals surface area contributed by atoms with Crippen LogP contribution in [0.2, 0.25) is 0 Å². The lowest BCUT2D eigenvalue weighted by Crippen LogP contribution is -2.40. The van der Waals surface area contributed by atoms with Gasteiger partial charge in [-0.2, -0.15) is 16.9 Å². The number of carbonyl (C=O) groups is 2. The van der Waals surface area contributed by atoms with Crippen molar-refractivity contribution in [3.8, 4) is 5.69 Å². The van der Waals surface area contributed by atoms with E-state index < -0.39 is 5.91 Å². The Labute approximate surface area is 156 Å². The molecule has 7 nitrogen and oxygen atoms in total. The Bertz CT molecular complexity index is 746. The molecular weight excluding hydrogens is 362 g/mol. The van der Waals surface area contributed by atoms with Crippen molar-refractivity contribution in [1.29, 1.82) is 0 Å². The molecule has 1 unspecified atom stereocenters. The summed E-state index contributed by atoms with van der Waals surface area (Å²) in [7, 11) is 0. The Morgan fingerprint density at radius 2 is 2.16 bits per heavy atom. The number of hydrogen-bond acceptors (Lipinski definition) is 5. The number of nitrogens with two attached hydrogens (primary N) is 1. The highest BCUT2D eigenvalue weighted by atomic mass is 35.5. The molecule has 0 spiro atoms. The van der Waals surface area contributed by atoms with Gasteiger partial charge in [0.25, 0.3) is 5.91 Å². The molecule has 0 radical (unpaired) electrons. The smallest absolute Gasteiger partial charge is 0.269 e. The van der Waals surface area contributed by atoms with E-state index in [4.69, 9.17) is 5.73 Å². The lowest BCUT2D eigenvalue weighted by atomic mass is 10.2. The van der Waals surface area contributed by atoms with Gasteiger partial charge in [0.1, 0.15) is 5.69 Å². The van der Waals surface area contributed by atoms with E-state index in [1.54, 1.807) is 12.3 Å². The second-order valence-electron chi connectivity index (χ2n) is 5.51. The Morgan fingerprint density at radius 1 is 1.36 bits per heavy atom. The standard InChI is InChI=1S/C16H19N5O2S.ClH/c17-16(23)13-5-7-21(20-13)14-4-2-1-3-12(14)19-15(22)9-11-10-24-8-6-18-11;/h1-5,7,11,18H,6,8-10H2,(H2,17,23)(H,19,22);1H. The van der Waals surface area contributed by atoms with Crippen molar-refractivity contribution in [2.75, 3.05) is 23.4 Å². The van der Waals surface area contributed by atoms with Gasteiger partial charge in [0.15, 0.2) is 0 Å². The molecule has 4 N–H and O–H groups in total. The van der Waals surface area contributed by atoms with Gasteiger partial charge in [-0.15, -0.1) is 12.4 Å². The average molecular weight is 382 g/mol. The highest BCUT2D eigenvalue weighted by Crippen LogP contribution is 2.20. The van der Waals surface area contributed by atoms with Crippen molar-refractivity contribution in [3.05, 3.63) is 42.2 Å². The Morgan fingerprint density at radius 3 is 2.84 bits per heavy atom. The fraction of sp³-hybridized carbons (Fsp3) is 0.312. The third-order valence-electron chi connectivity index (χ3n) is 3.70. The first-order valence-corrected chi connectivity index (χ1v) is 8.85. The molecule has 1 fully saturated rings. The van der Waals surface area contributed by atoms with Gasteiger partial charge in [0.05, 0.1) is 11.4 Å². The molecule has 3 rings (SSSR count). The van der Waals surface area contributed by atoms with E-state index in [0.29, 0.717) is 17.8 Å². The number of thioether (sulfide) groups is 1. The van der Waals surface area contributed by atoms with Crippen molar-refractivity contribution >= 4 is 41.7 Å². The zero-order valence-corrected chi connectivity index (χ0v) is 15.1. The number of aromatic nitrogens is 2. The quantitative estimate of drug-likeness (QED) is 0.727. The van der Waals surface area contributed by atoms with Gasteiger partial charge in [-0.3, -0.25) is 9.59 Å². The van der Waals surface area contributed by atoms with E-state index in [-0.39, 0.29) is 30.0 Å². The molecule has 1 aromatic carbocycles. The van der Waals surface area contributed by atoms with E-state index in [1.165, 1.54) is 4.68 Å². The summed E-state index contributed by atoms with van der Waals surface area (Å²) in [6, 6.07) is 9.05. The summed E-state index contributed by atoms with van der Waals surface area (Å²) in [6.07, 6.45) is 2.07. The van der Waals surface area contributed by atoms with Gasteiger partial charge in [-0.05, 0) is 18.2 Å². The molecule has 25 heavy (non-hydrogen) atoms. The largest absolute Gasteiger partial charge is 0.364 e. The molecule has 1 aliphatic rings. The summed E-state index contributed by atoms with van der Waals surface area (Å²) in [5.41, 5.74) is 6.74. The minimum Gasteiger partial charge on any atom is -0.364 e. The lowest BCUT2D eigenvalue weighted by Gasteiger charge is -2.22. The summed E-state index contributed by atoms with van der Waals surface area (Å²) in [4.78, 5) is 23.5. The number of carbonyl (C=O) groups excluding carboxylic acids is 2. The van der Waals surface area contributed by atoms with Crippen LogP contribution >= 0.6 is 24.2 Å². The molecule has 0 saturated carbocycles. The number of nitrogens with zero attached hydrogens (tertiary/aromatic N) is 2. The van der Waals surface area contributed by atoms with Crippen LogP contribution in [-0.4, -0.2) is 45.7 Å². The van der Waals surface area contributed by atoms with Gasteiger partial charge < -0.3 is 16.4 Å². The van der Waals surface area contributed by atoms with Crippen LogP contribution in [0.1, 0.15) is 16.9 Å². The number of anilines is 1. The Hall–Kier alpha value is -2.03. The molecule has 1 aliphatic heterocycles. The molecular formula is C16H20ClN5O2S. The molecule has 2 heterocycles. The van der Waals surface area contributed by atoms with Crippen molar-refractivity contribution in [3.63, 3.8) is 0 Å². The van der Waals surface area contributed by atoms with Crippen molar-refractivity contribution in [2.45, 2.75) is 12.5 Å². The summed E-state index contributed by atoms with van der Waals surface area (Å²) in [5.74, 6) is 1.39. The highest BCUT2D eigenvalue weighted by molar-refractivity contribution is 7.99. The summed E-state index contributed by atoms with van der Waals surface area (Å²) in [6.45, 7) is 0.933. The summed E-state index contributed by atoms with van der Waals surface area (Å²) < 4.78 is 1.53. The maximum absolute atomic E-state index is 12.3. The molecule has 9 heteroatoms. The first-order chi connectivity index (χ1) is 11.6. The van der Waals surface area contributed by atoms with Crippen molar-refractivity contribution in [1.82, 2.24) is 15.1 Å². The predicted octanol–water partition coefficient (Wildman–Crippen LogP) is 1.43. The molecule has 1 aromatic heterocycles. The normalized spacial score (nSPS) is 16.7. The zero-order valence-electron chi connectivity index (χ0n) is 13.5. The van der Waals surface area contributed by atoms with Crippen LogP contribution < -0.4 is 16.4 Å². The number of para-hydroxylation sites is 2. The van der Waals surface area contributed by atoms with Gasteiger partial charge in [-0.1, -0.05) is 12.1 Å². The zero-order chi connectivity index (χ0) is 16.9. The van der Waals surface area contributed by atoms with E-state index in [9.17, 15) is 9.59 Å². The fourth-order valence-electron chi connectivity index (χ4n) is 2.54. The van der Waals surface area contributed by atoms with Gasteiger partial charge in [0, 0.05) is 36.7 Å². The maximum Gasteiger partial charge on any atom is 0.269 e. The highest BCUT2D eigenvalue weighted by Gasteiger charge is 2.18. The van der Waals surface area contributed by atoms with Crippen LogP contribution in [0.5, 0.6) is 0 Å². The second kappa shape index (κ2) is 8.89. The fourth-order valence-corrected chi connectivity index (χ4v) is 3.49. The average Bonchev–Trinajstić information content (AvgIpc) is 3.06. The summed E-state index contributed by atoms with van der Waals surface area (Å²) >= 11 is 1.86. The molecule has 0 aliphatic carbocycles.